The molecule has 0 atom stereocenters. The molecule has 1 heterocycles. The quantitative estimate of drug-likeness (QED) is 0.900. The number of hydrogen-bond acceptors (Lipinski definition) is 3. The summed E-state index contributed by atoms with van der Waals surface area (Å²) in [4.78, 5) is 16.9. The molecule has 1 saturated carbocycles. The number of nitrogens with one attached hydrogen (secondary N) is 1. The monoisotopic (exact) mass is 333 g/mol. The van der Waals surface area contributed by atoms with Gasteiger partial charge in [0.05, 0.1) is 6.54 Å². The van der Waals surface area contributed by atoms with Crippen LogP contribution in [-0.4, -0.2) is 55.0 Å². The van der Waals surface area contributed by atoms with Crippen molar-refractivity contribution in [1.29, 1.82) is 0 Å². The van der Waals surface area contributed by atoms with Gasteiger partial charge in [-0.05, 0) is 43.0 Å². The second-order valence-corrected chi connectivity index (χ2v) is 7.14. The first kappa shape index (κ1) is 17.4. The molecule has 5 heteroatoms. The summed E-state index contributed by atoms with van der Waals surface area (Å²) in [6.45, 7) is 5.65. The third kappa shape index (κ3) is 5.28. The normalized spacial score (nSPS) is 20.9. The average Bonchev–Trinajstić information content (AvgIpc) is 2.60. The lowest BCUT2D eigenvalue weighted by atomic mass is 9.89. The van der Waals surface area contributed by atoms with Crippen molar-refractivity contribution in [2.45, 2.75) is 32.1 Å². The van der Waals surface area contributed by atoms with E-state index in [9.17, 15) is 9.18 Å². The fourth-order valence-electron chi connectivity index (χ4n) is 3.80. The maximum Gasteiger partial charge on any atom is 0.238 e. The van der Waals surface area contributed by atoms with Crippen LogP contribution < -0.4 is 5.32 Å². The SMILES string of the molecule is O=C(CN1CCN(CC2CCCCC2)CC1)Nc1ccc(F)cc1. The number of piperazine rings is 1. The van der Waals surface area contributed by atoms with Crippen molar-refractivity contribution >= 4 is 11.6 Å². The van der Waals surface area contributed by atoms with Crippen molar-refractivity contribution in [3.8, 4) is 0 Å². The van der Waals surface area contributed by atoms with Gasteiger partial charge in [0.25, 0.3) is 0 Å². The van der Waals surface area contributed by atoms with Crippen LogP contribution in [0.1, 0.15) is 32.1 Å². The lowest BCUT2D eigenvalue weighted by molar-refractivity contribution is -0.117. The molecule has 2 fully saturated rings. The minimum Gasteiger partial charge on any atom is -0.325 e. The van der Waals surface area contributed by atoms with Crippen molar-refractivity contribution < 1.29 is 9.18 Å². The predicted molar refractivity (Wildman–Crippen MR) is 94.5 cm³/mol. The van der Waals surface area contributed by atoms with Gasteiger partial charge in [0.15, 0.2) is 0 Å². The van der Waals surface area contributed by atoms with Crippen LogP contribution in [0.2, 0.25) is 0 Å². The first-order chi connectivity index (χ1) is 11.7. The van der Waals surface area contributed by atoms with Gasteiger partial charge in [0.1, 0.15) is 5.82 Å². The number of hydrogen-bond donors (Lipinski definition) is 1. The summed E-state index contributed by atoms with van der Waals surface area (Å²) in [6, 6.07) is 5.91. The van der Waals surface area contributed by atoms with Crippen molar-refractivity contribution in [1.82, 2.24) is 9.80 Å². The first-order valence-electron chi connectivity index (χ1n) is 9.19. The molecule has 0 bridgehead atoms. The van der Waals surface area contributed by atoms with Crippen molar-refractivity contribution in [3.63, 3.8) is 0 Å². The van der Waals surface area contributed by atoms with Gasteiger partial charge >= 0.3 is 0 Å². The molecule has 1 aliphatic heterocycles. The van der Waals surface area contributed by atoms with E-state index >= 15 is 0 Å². The molecule has 1 N–H and O–H groups in total. The van der Waals surface area contributed by atoms with E-state index < -0.39 is 0 Å². The molecule has 1 aromatic rings. The second kappa shape index (κ2) is 8.58. The summed E-state index contributed by atoms with van der Waals surface area (Å²) in [7, 11) is 0. The zero-order valence-electron chi connectivity index (χ0n) is 14.3. The highest BCUT2D eigenvalue weighted by Crippen LogP contribution is 2.24. The minimum absolute atomic E-state index is 0.0256. The van der Waals surface area contributed by atoms with Gasteiger partial charge in [-0.3, -0.25) is 9.69 Å². The Bertz CT molecular complexity index is 520. The lowest BCUT2D eigenvalue weighted by Gasteiger charge is -2.37. The number of anilines is 1. The first-order valence-corrected chi connectivity index (χ1v) is 9.19. The predicted octanol–water partition coefficient (Wildman–Crippen LogP) is 2.96. The number of carbonyl (C=O) groups excluding carboxylic acids is 1. The molecule has 0 radical (unpaired) electrons. The molecular formula is C19H28FN3O. The molecule has 0 unspecified atom stereocenters. The van der Waals surface area contributed by atoms with Crippen molar-refractivity contribution in [2.24, 2.45) is 5.92 Å². The van der Waals surface area contributed by atoms with E-state index in [1.165, 1.54) is 50.8 Å². The van der Waals surface area contributed by atoms with Crippen LogP contribution in [-0.2, 0) is 4.79 Å². The highest BCUT2D eigenvalue weighted by molar-refractivity contribution is 5.92. The molecule has 4 nitrogen and oxygen atoms in total. The van der Waals surface area contributed by atoms with E-state index in [0.29, 0.717) is 12.2 Å². The Balaban J connectivity index is 1.37. The number of rotatable bonds is 5. The molecule has 3 rings (SSSR count). The maximum atomic E-state index is 12.9. The topological polar surface area (TPSA) is 35.6 Å². The van der Waals surface area contributed by atoms with Crippen LogP contribution in [0.15, 0.2) is 24.3 Å². The van der Waals surface area contributed by atoms with E-state index in [1.54, 1.807) is 12.1 Å². The molecule has 1 saturated heterocycles. The van der Waals surface area contributed by atoms with Gasteiger partial charge in [-0.1, -0.05) is 19.3 Å². The fraction of sp³-hybridized carbons (Fsp3) is 0.632. The molecule has 1 amide bonds. The zero-order chi connectivity index (χ0) is 16.8. The summed E-state index contributed by atoms with van der Waals surface area (Å²) in [5.41, 5.74) is 0.650. The van der Waals surface area contributed by atoms with E-state index in [0.717, 1.165) is 32.1 Å². The van der Waals surface area contributed by atoms with Crippen LogP contribution >= 0.6 is 0 Å². The molecule has 132 valence electrons. The number of amides is 1. The molecule has 1 aliphatic carbocycles. The Hall–Kier alpha value is -1.46. The van der Waals surface area contributed by atoms with Gasteiger partial charge in [-0.15, -0.1) is 0 Å². The number of halogens is 1. The second-order valence-electron chi connectivity index (χ2n) is 7.14. The molecule has 1 aromatic carbocycles. The molecule has 2 aliphatic rings. The van der Waals surface area contributed by atoms with Gasteiger partial charge in [0.2, 0.25) is 5.91 Å². The highest BCUT2D eigenvalue weighted by Gasteiger charge is 2.22. The summed E-state index contributed by atoms with van der Waals surface area (Å²) < 4.78 is 12.9. The van der Waals surface area contributed by atoms with E-state index in [2.05, 4.69) is 15.1 Å². The summed E-state index contributed by atoms with van der Waals surface area (Å²) >= 11 is 0. The Morgan fingerprint density at radius 1 is 1.00 bits per heavy atom. The van der Waals surface area contributed by atoms with E-state index in [1.807, 2.05) is 0 Å². The number of benzene rings is 1. The van der Waals surface area contributed by atoms with Gasteiger partial charge in [-0.2, -0.15) is 0 Å². The summed E-state index contributed by atoms with van der Waals surface area (Å²) in [5, 5.41) is 2.83. The highest BCUT2D eigenvalue weighted by atomic mass is 19.1. The average molecular weight is 333 g/mol. The molecular weight excluding hydrogens is 305 g/mol. The Labute approximate surface area is 144 Å². The maximum absolute atomic E-state index is 12.9. The summed E-state index contributed by atoms with van der Waals surface area (Å²) in [6.07, 6.45) is 6.98. The van der Waals surface area contributed by atoms with E-state index in [-0.39, 0.29) is 11.7 Å². The zero-order valence-corrected chi connectivity index (χ0v) is 14.3. The van der Waals surface area contributed by atoms with Crippen LogP contribution in [0.3, 0.4) is 0 Å². The fourth-order valence-corrected chi connectivity index (χ4v) is 3.80. The van der Waals surface area contributed by atoms with Crippen LogP contribution in [0.4, 0.5) is 10.1 Å². The smallest absolute Gasteiger partial charge is 0.238 e. The molecule has 0 spiro atoms. The number of carbonyl (C=O) groups is 1. The Morgan fingerprint density at radius 3 is 2.29 bits per heavy atom. The summed E-state index contributed by atoms with van der Waals surface area (Å²) in [5.74, 6) is 0.566. The largest absolute Gasteiger partial charge is 0.325 e. The molecule has 0 aromatic heterocycles. The van der Waals surface area contributed by atoms with E-state index in [4.69, 9.17) is 0 Å². The lowest BCUT2D eigenvalue weighted by Crippen LogP contribution is -2.49. The minimum atomic E-state index is -0.290. The third-order valence-corrected chi connectivity index (χ3v) is 5.20. The Kier molecular flexibility index (Phi) is 6.21. The van der Waals surface area contributed by atoms with Crippen LogP contribution in [0, 0.1) is 11.7 Å². The molecule has 24 heavy (non-hydrogen) atoms. The van der Waals surface area contributed by atoms with Gasteiger partial charge in [0, 0.05) is 38.4 Å². The van der Waals surface area contributed by atoms with Crippen molar-refractivity contribution in [3.05, 3.63) is 30.1 Å². The van der Waals surface area contributed by atoms with Crippen LogP contribution in [0.5, 0.6) is 0 Å². The van der Waals surface area contributed by atoms with Crippen molar-refractivity contribution in [2.75, 3.05) is 44.6 Å². The Morgan fingerprint density at radius 2 is 1.62 bits per heavy atom. The van der Waals surface area contributed by atoms with Gasteiger partial charge < -0.3 is 10.2 Å². The number of nitrogens with zero attached hydrogens (tertiary/aromatic N) is 2. The third-order valence-electron chi connectivity index (χ3n) is 5.20. The standard InChI is InChI=1S/C19H28FN3O/c20-17-6-8-18(9-7-17)21-19(24)15-23-12-10-22(11-13-23)14-16-4-2-1-3-5-16/h6-9,16H,1-5,10-15H2,(H,21,24). The van der Waals surface area contributed by atoms with Gasteiger partial charge in [-0.25, -0.2) is 4.39 Å². The van der Waals surface area contributed by atoms with Crippen LogP contribution in [0.25, 0.3) is 0 Å².